The van der Waals surface area contributed by atoms with Gasteiger partial charge in [-0.3, -0.25) is 0 Å². The predicted octanol–water partition coefficient (Wildman–Crippen LogP) is 3.22. The number of para-hydroxylation sites is 1. The highest BCUT2D eigenvalue weighted by atomic mass is 35.5. The van der Waals surface area contributed by atoms with E-state index < -0.39 is 0 Å². The molecular formula is C8H5Cl2NO. The number of halogens is 2. The van der Waals surface area contributed by atoms with Crippen LogP contribution in [0.25, 0.3) is 11.0 Å². The van der Waals surface area contributed by atoms with Crippen molar-refractivity contribution >= 4 is 34.2 Å². The van der Waals surface area contributed by atoms with Crippen molar-refractivity contribution in [1.82, 2.24) is 5.16 Å². The molecule has 12 heavy (non-hydrogen) atoms. The molecule has 1 aromatic heterocycles. The molecule has 0 unspecified atom stereocenters. The molecule has 0 aliphatic heterocycles. The first kappa shape index (κ1) is 7.90. The van der Waals surface area contributed by atoms with Crippen LogP contribution in [0.3, 0.4) is 0 Å². The molecule has 0 aliphatic carbocycles. The van der Waals surface area contributed by atoms with Crippen LogP contribution in [0.15, 0.2) is 22.7 Å². The number of rotatable bonds is 1. The molecule has 2 nitrogen and oxygen atoms in total. The molecule has 2 rings (SSSR count). The predicted molar refractivity (Wildman–Crippen MR) is 48.6 cm³/mol. The van der Waals surface area contributed by atoms with Crippen molar-refractivity contribution in [2.45, 2.75) is 5.88 Å². The summed E-state index contributed by atoms with van der Waals surface area (Å²) in [5.41, 5.74) is 1.34. The lowest BCUT2D eigenvalue weighted by atomic mass is 10.2. The molecule has 0 saturated carbocycles. The Morgan fingerprint density at radius 2 is 2.25 bits per heavy atom. The second-order valence-corrected chi connectivity index (χ2v) is 3.05. The van der Waals surface area contributed by atoms with Crippen LogP contribution in [0.1, 0.15) is 5.69 Å². The van der Waals surface area contributed by atoms with Gasteiger partial charge in [-0.15, -0.1) is 11.6 Å². The van der Waals surface area contributed by atoms with E-state index in [0.29, 0.717) is 16.5 Å². The van der Waals surface area contributed by atoms with Gasteiger partial charge in [0.1, 0.15) is 5.69 Å². The third-order valence-electron chi connectivity index (χ3n) is 1.65. The Balaban J connectivity index is 2.80. The van der Waals surface area contributed by atoms with Crippen LogP contribution in [0.5, 0.6) is 0 Å². The van der Waals surface area contributed by atoms with E-state index >= 15 is 0 Å². The van der Waals surface area contributed by atoms with Gasteiger partial charge in [-0.25, -0.2) is 0 Å². The van der Waals surface area contributed by atoms with Gasteiger partial charge in [0.2, 0.25) is 0 Å². The van der Waals surface area contributed by atoms with Gasteiger partial charge in [-0.2, -0.15) is 0 Å². The topological polar surface area (TPSA) is 26.0 Å². The average molecular weight is 202 g/mol. The molecule has 1 aromatic carbocycles. The number of hydrogen-bond acceptors (Lipinski definition) is 2. The summed E-state index contributed by atoms with van der Waals surface area (Å²) < 4.78 is 5.00. The zero-order valence-corrected chi connectivity index (χ0v) is 7.56. The molecule has 0 N–H and O–H groups in total. The lowest BCUT2D eigenvalue weighted by Crippen LogP contribution is -1.75. The molecule has 1 heterocycles. The van der Waals surface area contributed by atoms with Crippen LogP contribution in [0.2, 0.25) is 5.02 Å². The highest BCUT2D eigenvalue weighted by Gasteiger charge is 2.08. The minimum absolute atomic E-state index is 0.341. The summed E-state index contributed by atoms with van der Waals surface area (Å²) in [6.45, 7) is 0. The van der Waals surface area contributed by atoms with Crippen molar-refractivity contribution in [1.29, 1.82) is 0 Å². The van der Waals surface area contributed by atoms with Crippen molar-refractivity contribution in [3.63, 3.8) is 0 Å². The van der Waals surface area contributed by atoms with Crippen LogP contribution in [0, 0.1) is 0 Å². The largest absolute Gasteiger partial charge is 0.354 e. The Bertz CT molecular complexity index is 410. The first-order valence-electron chi connectivity index (χ1n) is 3.41. The van der Waals surface area contributed by atoms with E-state index in [0.717, 1.165) is 11.1 Å². The van der Waals surface area contributed by atoms with E-state index in [-0.39, 0.29) is 0 Å². The highest BCUT2D eigenvalue weighted by molar-refractivity contribution is 6.34. The third-order valence-corrected chi connectivity index (χ3v) is 2.20. The van der Waals surface area contributed by atoms with Crippen LogP contribution >= 0.6 is 23.2 Å². The van der Waals surface area contributed by atoms with E-state index in [1.807, 2.05) is 12.1 Å². The van der Waals surface area contributed by atoms with Crippen LogP contribution in [-0.4, -0.2) is 5.16 Å². The van der Waals surface area contributed by atoms with Gasteiger partial charge in [-0.05, 0) is 12.1 Å². The van der Waals surface area contributed by atoms with Crippen LogP contribution < -0.4 is 0 Å². The molecule has 2 aromatic rings. The molecule has 0 atom stereocenters. The standard InChI is InChI=1S/C8H5Cl2NO/c9-4-7-5-2-1-3-6(10)8(5)12-11-7/h1-3H,4H2. The van der Waals surface area contributed by atoms with Crippen molar-refractivity contribution in [2.75, 3.05) is 0 Å². The monoisotopic (exact) mass is 201 g/mol. The Labute approximate surface area is 79.0 Å². The molecule has 0 aliphatic rings. The first-order valence-corrected chi connectivity index (χ1v) is 4.33. The summed E-state index contributed by atoms with van der Waals surface area (Å²) in [6.07, 6.45) is 0. The molecule has 62 valence electrons. The van der Waals surface area contributed by atoms with Gasteiger partial charge < -0.3 is 4.52 Å². The summed E-state index contributed by atoms with van der Waals surface area (Å²) >= 11 is 11.5. The Kier molecular flexibility index (Phi) is 1.95. The van der Waals surface area contributed by atoms with Gasteiger partial charge in [-0.1, -0.05) is 22.8 Å². The number of aromatic nitrogens is 1. The molecule has 4 heteroatoms. The van der Waals surface area contributed by atoms with Gasteiger partial charge >= 0.3 is 0 Å². The fourth-order valence-electron chi connectivity index (χ4n) is 1.08. The summed E-state index contributed by atoms with van der Waals surface area (Å²) in [7, 11) is 0. The van der Waals surface area contributed by atoms with Crippen LogP contribution in [-0.2, 0) is 5.88 Å². The first-order chi connectivity index (χ1) is 5.83. The number of hydrogen-bond donors (Lipinski definition) is 0. The second kappa shape index (κ2) is 2.96. The van der Waals surface area contributed by atoms with Crippen molar-refractivity contribution in [3.05, 3.63) is 28.9 Å². The molecule has 0 fully saturated rings. The zero-order valence-electron chi connectivity index (χ0n) is 6.05. The minimum atomic E-state index is 0.341. The van der Waals surface area contributed by atoms with Crippen molar-refractivity contribution < 1.29 is 4.52 Å². The van der Waals surface area contributed by atoms with Crippen LogP contribution in [0.4, 0.5) is 0 Å². The highest BCUT2D eigenvalue weighted by Crippen LogP contribution is 2.26. The van der Waals surface area contributed by atoms with E-state index in [2.05, 4.69) is 5.16 Å². The molecule has 0 radical (unpaired) electrons. The molecule has 0 amide bonds. The van der Waals surface area contributed by atoms with E-state index in [1.165, 1.54) is 0 Å². The molecule has 0 saturated heterocycles. The SMILES string of the molecule is ClCc1noc2c(Cl)cccc12. The Morgan fingerprint density at radius 3 is 3.00 bits per heavy atom. The maximum atomic E-state index is 5.85. The number of fused-ring (bicyclic) bond motifs is 1. The van der Waals surface area contributed by atoms with E-state index in [9.17, 15) is 0 Å². The Morgan fingerprint density at radius 1 is 1.42 bits per heavy atom. The number of nitrogens with zero attached hydrogens (tertiary/aromatic N) is 1. The Hall–Kier alpha value is -0.730. The fourth-order valence-corrected chi connectivity index (χ4v) is 1.48. The van der Waals surface area contributed by atoms with E-state index in [4.69, 9.17) is 27.7 Å². The maximum Gasteiger partial charge on any atom is 0.185 e. The lowest BCUT2D eigenvalue weighted by Gasteiger charge is -1.89. The molecular weight excluding hydrogens is 197 g/mol. The summed E-state index contributed by atoms with van der Waals surface area (Å²) in [5, 5.41) is 5.24. The quantitative estimate of drug-likeness (QED) is 0.663. The average Bonchev–Trinajstić information content (AvgIpc) is 2.49. The van der Waals surface area contributed by atoms with Gasteiger partial charge in [0.05, 0.1) is 10.9 Å². The second-order valence-electron chi connectivity index (χ2n) is 2.38. The smallest absolute Gasteiger partial charge is 0.185 e. The minimum Gasteiger partial charge on any atom is -0.354 e. The summed E-state index contributed by atoms with van der Waals surface area (Å²) in [6, 6.07) is 5.49. The number of benzene rings is 1. The van der Waals surface area contributed by atoms with Gasteiger partial charge in [0.25, 0.3) is 0 Å². The maximum absolute atomic E-state index is 5.85. The van der Waals surface area contributed by atoms with Crippen molar-refractivity contribution in [3.8, 4) is 0 Å². The van der Waals surface area contributed by atoms with Gasteiger partial charge in [0, 0.05) is 5.39 Å². The summed E-state index contributed by atoms with van der Waals surface area (Å²) in [5.74, 6) is 0.341. The normalized spacial score (nSPS) is 10.8. The van der Waals surface area contributed by atoms with E-state index in [1.54, 1.807) is 6.07 Å². The third kappa shape index (κ3) is 1.08. The molecule has 0 bridgehead atoms. The number of alkyl halides is 1. The lowest BCUT2D eigenvalue weighted by molar-refractivity contribution is 0.449. The zero-order chi connectivity index (χ0) is 8.55. The molecule has 0 spiro atoms. The fraction of sp³-hybridized carbons (Fsp3) is 0.125. The summed E-state index contributed by atoms with van der Waals surface area (Å²) in [4.78, 5) is 0. The van der Waals surface area contributed by atoms with Gasteiger partial charge in [0.15, 0.2) is 5.58 Å². The van der Waals surface area contributed by atoms with Crippen molar-refractivity contribution in [2.24, 2.45) is 0 Å².